The fraction of sp³-hybridized carbons (Fsp3) is 0.273. The number of carbonyl (C=O) groups is 1. The predicted molar refractivity (Wildman–Crippen MR) is 110 cm³/mol. The van der Waals surface area contributed by atoms with Gasteiger partial charge in [0.1, 0.15) is 0 Å². The number of nitrogens with one attached hydrogen (secondary N) is 1. The minimum absolute atomic E-state index is 0.0114. The van der Waals surface area contributed by atoms with Crippen LogP contribution < -0.4 is 14.8 Å². The molecule has 0 atom stereocenters. The van der Waals surface area contributed by atoms with Gasteiger partial charge in [-0.2, -0.15) is 0 Å². The average Bonchev–Trinajstić information content (AvgIpc) is 2.68. The second-order valence-electron chi connectivity index (χ2n) is 6.58. The van der Waals surface area contributed by atoms with Gasteiger partial charge in [-0.25, -0.2) is 4.98 Å². The second kappa shape index (κ2) is 8.17. The molecule has 6 heteroatoms. The molecule has 1 amide bonds. The number of phenols is 1. The maximum atomic E-state index is 11.9. The Bertz CT molecular complexity index is 1010. The molecule has 6 nitrogen and oxygen atoms in total. The Morgan fingerprint density at radius 2 is 1.79 bits per heavy atom. The van der Waals surface area contributed by atoms with Gasteiger partial charge in [0.05, 0.1) is 25.4 Å². The summed E-state index contributed by atoms with van der Waals surface area (Å²) < 4.78 is 10.5. The summed E-state index contributed by atoms with van der Waals surface area (Å²) in [6, 6.07) is 11.1. The molecule has 0 saturated carbocycles. The molecule has 2 N–H and O–H groups in total. The van der Waals surface area contributed by atoms with Gasteiger partial charge >= 0.3 is 0 Å². The summed E-state index contributed by atoms with van der Waals surface area (Å²) in [6.07, 6.45) is 1.28. The molecule has 1 heterocycles. The number of rotatable bonds is 6. The van der Waals surface area contributed by atoms with E-state index in [0.29, 0.717) is 17.9 Å². The highest BCUT2D eigenvalue weighted by Crippen LogP contribution is 2.40. The Kier molecular flexibility index (Phi) is 5.68. The van der Waals surface area contributed by atoms with Gasteiger partial charge in [-0.05, 0) is 49.2 Å². The van der Waals surface area contributed by atoms with Crippen molar-refractivity contribution in [2.24, 2.45) is 0 Å². The van der Waals surface area contributed by atoms with Crippen LogP contribution in [-0.2, 0) is 4.79 Å². The smallest absolute Gasteiger partial charge is 0.224 e. The lowest BCUT2D eigenvalue weighted by molar-refractivity contribution is -0.116. The maximum absolute atomic E-state index is 11.9. The van der Waals surface area contributed by atoms with E-state index < -0.39 is 0 Å². The molecule has 0 aliphatic heterocycles. The van der Waals surface area contributed by atoms with E-state index in [4.69, 9.17) is 14.5 Å². The van der Waals surface area contributed by atoms with Crippen molar-refractivity contribution in [3.8, 4) is 28.5 Å². The number of fused-ring (bicyclic) bond motifs is 1. The average molecular weight is 380 g/mol. The van der Waals surface area contributed by atoms with Gasteiger partial charge in [0.15, 0.2) is 11.5 Å². The van der Waals surface area contributed by atoms with Gasteiger partial charge in [0.25, 0.3) is 0 Å². The van der Waals surface area contributed by atoms with E-state index in [0.717, 1.165) is 39.8 Å². The standard InChI is InChI=1S/C22H24N2O4/c1-5-6-21(25)23-15-7-8-16-13(2)9-17(24-18(16)12-15)14-10-19(27-3)22(26)20(11-14)28-4/h7-12,26H,5-6H2,1-4H3,(H,23,25). The van der Waals surface area contributed by atoms with Crippen LogP contribution in [0.3, 0.4) is 0 Å². The highest BCUT2D eigenvalue weighted by Gasteiger charge is 2.14. The van der Waals surface area contributed by atoms with E-state index in [1.54, 1.807) is 12.1 Å². The molecule has 0 saturated heterocycles. The van der Waals surface area contributed by atoms with Crippen LogP contribution in [0.5, 0.6) is 17.2 Å². The molecule has 0 spiro atoms. The number of ether oxygens (including phenoxy) is 2. The number of nitrogens with zero attached hydrogens (tertiary/aromatic N) is 1. The monoisotopic (exact) mass is 380 g/mol. The van der Waals surface area contributed by atoms with Gasteiger partial charge in [-0.15, -0.1) is 0 Å². The second-order valence-corrected chi connectivity index (χ2v) is 6.58. The van der Waals surface area contributed by atoms with Gasteiger partial charge in [0, 0.05) is 23.1 Å². The first-order valence-electron chi connectivity index (χ1n) is 9.13. The van der Waals surface area contributed by atoms with Crippen LogP contribution in [0, 0.1) is 6.92 Å². The summed E-state index contributed by atoms with van der Waals surface area (Å²) in [5.41, 5.74) is 4.03. The molecule has 0 aliphatic rings. The Hall–Kier alpha value is -3.28. The quantitative estimate of drug-likeness (QED) is 0.649. The maximum Gasteiger partial charge on any atom is 0.224 e. The summed E-state index contributed by atoms with van der Waals surface area (Å²) in [6.45, 7) is 3.98. The molecule has 0 unspecified atom stereocenters. The molecule has 2 aromatic carbocycles. The van der Waals surface area contributed by atoms with Gasteiger partial charge in [-0.1, -0.05) is 13.0 Å². The van der Waals surface area contributed by atoms with Crippen LogP contribution in [-0.4, -0.2) is 30.2 Å². The lowest BCUT2D eigenvalue weighted by atomic mass is 10.0. The first kappa shape index (κ1) is 19.5. The zero-order valence-electron chi connectivity index (χ0n) is 16.5. The number of carbonyl (C=O) groups excluding carboxylic acids is 1. The van der Waals surface area contributed by atoms with Crippen LogP contribution in [0.1, 0.15) is 25.3 Å². The van der Waals surface area contributed by atoms with Gasteiger partial charge in [0.2, 0.25) is 11.7 Å². The topological polar surface area (TPSA) is 80.7 Å². The zero-order chi connectivity index (χ0) is 20.3. The van der Waals surface area contributed by atoms with Crippen LogP contribution in [0.25, 0.3) is 22.2 Å². The third-order valence-electron chi connectivity index (χ3n) is 4.55. The third-order valence-corrected chi connectivity index (χ3v) is 4.55. The van der Waals surface area contributed by atoms with Crippen LogP contribution in [0.4, 0.5) is 5.69 Å². The lowest BCUT2D eigenvalue weighted by Crippen LogP contribution is -2.10. The zero-order valence-corrected chi connectivity index (χ0v) is 16.5. The fourth-order valence-electron chi connectivity index (χ4n) is 3.12. The number of hydrogen-bond donors (Lipinski definition) is 2. The number of pyridine rings is 1. The Morgan fingerprint density at radius 3 is 2.39 bits per heavy atom. The van der Waals surface area contributed by atoms with Crippen LogP contribution in [0.15, 0.2) is 36.4 Å². The molecule has 3 aromatic rings. The van der Waals surface area contributed by atoms with Crippen molar-refractivity contribution in [1.82, 2.24) is 4.98 Å². The fourth-order valence-corrected chi connectivity index (χ4v) is 3.12. The molecule has 28 heavy (non-hydrogen) atoms. The summed E-state index contributed by atoms with van der Waals surface area (Å²) >= 11 is 0. The molecular formula is C22H24N2O4. The number of benzene rings is 2. The van der Waals surface area contributed by atoms with E-state index in [1.807, 2.05) is 38.1 Å². The van der Waals surface area contributed by atoms with Gasteiger partial charge < -0.3 is 19.9 Å². The molecule has 0 bridgehead atoms. The number of aromatic nitrogens is 1. The van der Waals surface area contributed by atoms with Gasteiger partial charge in [-0.3, -0.25) is 4.79 Å². The molecule has 0 fully saturated rings. The normalized spacial score (nSPS) is 10.7. The number of aryl methyl sites for hydroxylation is 1. The minimum Gasteiger partial charge on any atom is -0.502 e. The molecule has 146 valence electrons. The van der Waals surface area contributed by atoms with E-state index in [2.05, 4.69) is 5.32 Å². The molecule has 1 aromatic heterocycles. The van der Waals surface area contributed by atoms with Crippen LogP contribution in [0.2, 0.25) is 0 Å². The Morgan fingerprint density at radius 1 is 1.11 bits per heavy atom. The summed E-state index contributed by atoms with van der Waals surface area (Å²) in [5.74, 6) is 0.568. The Labute approximate surface area is 164 Å². The van der Waals surface area contributed by atoms with Crippen molar-refractivity contribution in [3.63, 3.8) is 0 Å². The summed E-state index contributed by atoms with van der Waals surface area (Å²) in [5, 5.41) is 14.1. The summed E-state index contributed by atoms with van der Waals surface area (Å²) in [7, 11) is 2.98. The largest absolute Gasteiger partial charge is 0.502 e. The van der Waals surface area contributed by atoms with Crippen molar-refractivity contribution in [3.05, 3.63) is 42.0 Å². The number of hydrogen-bond acceptors (Lipinski definition) is 5. The number of methoxy groups -OCH3 is 2. The molecular weight excluding hydrogens is 356 g/mol. The highest BCUT2D eigenvalue weighted by molar-refractivity contribution is 5.94. The first-order chi connectivity index (χ1) is 13.5. The predicted octanol–water partition coefficient (Wildman–Crippen LogP) is 4.67. The van der Waals surface area contributed by atoms with E-state index in [-0.39, 0.29) is 11.7 Å². The third kappa shape index (κ3) is 3.86. The number of phenolic OH excluding ortho intramolecular Hbond substituents is 1. The first-order valence-corrected chi connectivity index (χ1v) is 9.13. The van der Waals surface area contributed by atoms with Crippen molar-refractivity contribution in [1.29, 1.82) is 0 Å². The summed E-state index contributed by atoms with van der Waals surface area (Å²) in [4.78, 5) is 16.7. The Balaban J connectivity index is 2.08. The van der Waals surface area contributed by atoms with Crippen molar-refractivity contribution >= 4 is 22.5 Å². The van der Waals surface area contributed by atoms with Crippen molar-refractivity contribution in [2.45, 2.75) is 26.7 Å². The molecule has 0 aliphatic carbocycles. The van der Waals surface area contributed by atoms with Crippen molar-refractivity contribution in [2.75, 3.05) is 19.5 Å². The number of amides is 1. The number of aromatic hydroxyl groups is 1. The van der Waals surface area contributed by atoms with Crippen LogP contribution >= 0.6 is 0 Å². The molecule has 0 radical (unpaired) electrons. The van der Waals surface area contributed by atoms with E-state index >= 15 is 0 Å². The SMILES string of the molecule is CCCC(=O)Nc1ccc2c(C)cc(-c3cc(OC)c(O)c(OC)c3)nc2c1. The van der Waals surface area contributed by atoms with Crippen molar-refractivity contribution < 1.29 is 19.4 Å². The lowest BCUT2D eigenvalue weighted by Gasteiger charge is -2.13. The molecule has 3 rings (SSSR count). The minimum atomic E-state index is -0.0489. The van der Waals surface area contributed by atoms with E-state index in [9.17, 15) is 9.90 Å². The highest BCUT2D eigenvalue weighted by atomic mass is 16.5. The van der Waals surface area contributed by atoms with E-state index in [1.165, 1.54) is 14.2 Å². The number of anilines is 1.